The summed E-state index contributed by atoms with van der Waals surface area (Å²) in [5.74, 6) is -2.66. The summed E-state index contributed by atoms with van der Waals surface area (Å²) in [6.07, 6.45) is -3.18. The van der Waals surface area contributed by atoms with Crippen LogP contribution in [0.2, 0.25) is 0 Å². The van der Waals surface area contributed by atoms with Gasteiger partial charge in [-0.25, -0.2) is 13.2 Å². The Kier molecular flexibility index (Phi) is 3.45. The van der Waals surface area contributed by atoms with Gasteiger partial charge in [-0.2, -0.15) is 5.26 Å². The summed E-state index contributed by atoms with van der Waals surface area (Å²) >= 11 is 0. The van der Waals surface area contributed by atoms with Crippen LogP contribution in [0.15, 0.2) is 6.20 Å². The van der Waals surface area contributed by atoms with Gasteiger partial charge in [-0.05, 0) is 0 Å². The quantitative estimate of drug-likeness (QED) is 0.856. The van der Waals surface area contributed by atoms with Crippen molar-refractivity contribution in [2.45, 2.75) is 12.8 Å². The number of carboxylic acid groups (broad SMARTS) is 1. The number of rotatable bonds is 3. The lowest BCUT2D eigenvalue weighted by molar-refractivity contribution is -0.136. The molecule has 1 N–H and O–H groups in total. The van der Waals surface area contributed by atoms with Crippen LogP contribution in [0.25, 0.3) is 0 Å². The molecule has 1 aromatic rings. The topological polar surface area (TPSA) is 74.0 Å². The van der Waals surface area contributed by atoms with Crippen molar-refractivity contribution in [3.8, 4) is 6.07 Å². The molecule has 16 heavy (non-hydrogen) atoms. The highest BCUT2D eigenvalue weighted by Crippen LogP contribution is 2.24. The molecule has 0 aliphatic carbocycles. The second-order valence-corrected chi connectivity index (χ2v) is 2.83. The van der Waals surface area contributed by atoms with E-state index < -0.39 is 41.5 Å². The Morgan fingerprint density at radius 1 is 1.62 bits per heavy atom. The molecule has 0 atom stereocenters. The number of hydrogen-bond acceptors (Lipinski definition) is 3. The molecule has 1 heterocycles. The summed E-state index contributed by atoms with van der Waals surface area (Å²) in [6.45, 7) is 0. The van der Waals surface area contributed by atoms with Crippen LogP contribution in [0.1, 0.15) is 23.2 Å². The third-order valence-corrected chi connectivity index (χ3v) is 1.79. The first-order valence-corrected chi connectivity index (χ1v) is 4.04. The maximum absolute atomic E-state index is 13.4. The fourth-order valence-electron chi connectivity index (χ4n) is 1.09. The standard InChI is InChI=1S/C9H5F3N2O2/c10-8-4(2-13)5(9(11)12)3-14-6(8)1-7(15)16/h3,9H,1H2,(H,15,16). The summed E-state index contributed by atoms with van der Waals surface area (Å²) in [5, 5.41) is 16.9. The van der Waals surface area contributed by atoms with Crippen molar-refractivity contribution in [2.24, 2.45) is 0 Å². The van der Waals surface area contributed by atoms with Gasteiger partial charge in [-0.15, -0.1) is 0 Å². The fourth-order valence-corrected chi connectivity index (χ4v) is 1.09. The minimum Gasteiger partial charge on any atom is -0.481 e. The van der Waals surface area contributed by atoms with Crippen molar-refractivity contribution in [1.29, 1.82) is 5.26 Å². The molecule has 0 saturated carbocycles. The molecular formula is C9H5F3N2O2. The summed E-state index contributed by atoms with van der Waals surface area (Å²) in [4.78, 5) is 13.6. The van der Waals surface area contributed by atoms with Crippen LogP contribution < -0.4 is 0 Å². The molecule has 0 radical (unpaired) electrons. The molecule has 0 unspecified atom stereocenters. The van der Waals surface area contributed by atoms with Crippen LogP contribution in [0.3, 0.4) is 0 Å². The van der Waals surface area contributed by atoms with E-state index in [1.54, 1.807) is 0 Å². The Labute approximate surface area is 88.0 Å². The van der Waals surface area contributed by atoms with E-state index in [2.05, 4.69) is 4.98 Å². The number of alkyl halides is 2. The zero-order valence-corrected chi connectivity index (χ0v) is 7.75. The molecule has 0 saturated heterocycles. The van der Waals surface area contributed by atoms with Crippen molar-refractivity contribution < 1.29 is 23.1 Å². The maximum Gasteiger partial charge on any atom is 0.309 e. The highest BCUT2D eigenvalue weighted by atomic mass is 19.3. The summed E-state index contributed by atoms with van der Waals surface area (Å²) in [5.41, 5.74) is -2.23. The molecule has 7 heteroatoms. The molecule has 0 bridgehead atoms. The molecule has 0 aliphatic heterocycles. The molecular weight excluding hydrogens is 225 g/mol. The van der Waals surface area contributed by atoms with E-state index >= 15 is 0 Å². The summed E-state index contributed by atoms with van der Waals surface area (Å²) in [6, 6.07) is 1.27. The molecule has 84 valence electrons. The first kappa shape index (κ1) is 12.0. The van der Waals surface area contributed by atoms with Crippen LogP contribution in [-0.4, -0.2) is 16.1 Å². The Bertz CT molecular complexity index is 469. The molecule has 1 aromatic heterocycles. The number of nitriles is 1. The van der Waals surface area contributed by atoms with Gasteiger partial charge in [0, 0.05) is 6.20 Å². The van der Waals surface area contributed by atoms with Gasteiger partial charge in [0.2, 0.25) is 0 Å². The molecule has 0 aliphatic rings. The average Bonchev–Trinajstić information content (AvgIpc) is 2.19. The lowest BCUT2D eigenvalue weighted by atomic mass is 10.1. The van der Waals surface area contributed by atoms with Gasteiger partial charge in [0.25, 0.3) is 6.43 Å². The molecule has 0 spiro atoms. The van der Waals surface area contributed by atoms with Crippen LogP contribution in [-0.2, 0) is 11.2 Å². The smallest absolute Gasteiger partial charge is 0.309 e. The summed E-state index contributed by atoms with van der Waals surface area (Å²) < 4.78 is 38.0. The van der Waals surface area contributed by atoms with E-state index in [0.29, 0.717) is 6.20 Å². The predicted molar refractivity (Wildman–Crippen MR) is 45.2 cm³/mol. The van der Waals surface area contributed by atoms with Crippen LogP contribution in [0.5, 0.6) is 0 Å². The Hall–Kier alpha value is -2.10. The average molecular weight is 230 g/mol. The number of carboxylic acids is 1. The van der Waals surface area contributed by atoms with Gasteiger partial charge in [0.05, 0.1) is 17.7 Å². The van der Waals surface area contributed by atoms with E-state index in [0.717, 1.165) is 0 Å². The molecule has 0 fully saturated rings. The van der Waals surface area contributed by atoms with Crippen molar-refractivity contribution >= 4 is 5.97 Å². The second kappa shape index (κ2) is 4.61. The highest BCUT2D eigenvalue weighted by molar-refractivity contribution is 5.69. The molecule has 1 rings (SSSR count). The van der Waals surface area contributed by atoms with Crippen molar-refractivity contribution in [2.75, 3.05) is 0 Å². The number of halogens is 3. The van der Waals surface area contributed by atoms with E-state index in [4.69, 9.17) is 10.4 Å². The minimum atomic E-state index is -3.03. The summed E-state index contributed by atoms with van der Waals surface area (Å²) in [7, 11) is 0. The van der Waals surface area contributed by atoms with Crippen LogP contribution in [0.4, 0.5) is 13.2 Å². The lowest BCUT2D eigenvalue weighted by Gasteiger charge is -2.05. The number of pyridine rings is 1. The van der Waals surface area contributed by atoms with Crippen molar-refractivity contribution in [1.82, 2.24) is 4.98 Å². The van der Waals surface area contributed by atoms with Crippen LogP contribution in [0, 0.1) is 17.1 Å². The van der Waals surface area contributed by atoms with Gasteiger partial charge in [0.1, 0.15) is 11.6 Å². The largest absolute Gasteiger partial charge is 0.481 e. The van der Waals surface area contributed by atoms with Gasteiger partial charge in [0.15, 0.2) is 5.82 Å². The van der Waals surface area contributed by atoms with Crippen molar-refractivity contribution in [3.05, 3.63) is 28.8 Å². The number of aromatic nitrogens is 1. The third kappa shape index (κ3) is 2.28. The Balaban J connectivity index is 3.30. The Morgan fingerprint density at radius 3 is 2.69 bits per heavy atom. The first-order valence-electron chi connectivity index (χ1n) is 4.04. The van der Waals surface area contributed by atoms with Crippen LogP contribution >= 0.6 is 0 Å². The van der Waals surface area contributed by atoms with Gasteiger partial charge in [-0.3, -0.25) is 9.78 Å². The zero-order chi connectivity index (χ0) is 12.3. The van der Waals surface area contributed by atoms with Gasteiger partial charge < -0.3 is 5.11 Å². The van der Waals surface area contributed by atoms with E-state index in [1.807, 2.05) is 0 Å². The maximum atomic E-state index is 13.4. The zero-order valence-electron chi connectivity index (χ0n) is 7.75. The third-order valence-electron chi connectivity index (χ3n) is 1.79. The first-order chi connectivity index (χ1) is 7.47. The number of carbonyl (C=O) groups is 1. The highest BCUT2D eigenvalue weighted by Gasteiger charge is 2.21. The number of aliphatic carboxylic acids is 1. The molecule has 0 aromatic carbocycles. The number of nitrogens with zero attached hydrogens (tertiary/aromatic N) is 2. The second-order valence-electron chi connectivity index (χ2n) is 2.83. The van der Waals surface area contributed by atoms with Crippen molar-refractivity contribution in [3.63, 3.8) is 0 Å². The van der Waals surface area contributed by atoms with Gasteiger partial charge in [-0.1, -0.05) is 0 Å². The minimum absolute atomic E-state index is 0.534. The fraction of sp³-hybridized carbons (Fsp3) is 0.222. The SMILES string of the molecule is N#Cc1c(C(F)F)cnc(CC(=O)O)c1F. The molecule has 0 amide bonds. The predicted octanol–water partition coefficient (Wildman–Crippen LogP) is 1.66. The van der Waals surface area contributed by atoms with E-state index in [1.165, 1.54) is 6.07 Å². The molecule has 4 nitrogen and oxygen atoms in total. The normalized spacial score (nSPS) is 10.2. The Morgan fingerprint density at radius 2 is 2.25 bits per heavy atom. The number of hydrogen-bond donors (Lipinski definition) is 1. The lowest BCUT2D eigenvalue weighted by Crippen LogP contribution is -2.08. The van der Waals surface area contributed by atoms with E-state index in [-0.39, 0.29) is 0 Å². The van der Waals surface area contributed by atoms with Gasteiger partial charge >= 0.3 is 5.97 Å². The van der Waals surface area contributed by atoms with E-state index in [9.17, 15) is 18.0 Å². The monoisotopic (exact) mass is 230 g/mol.